The molecular formula is C12H18ClN3. The van der Waals surface area contributed by atoms with E-state index < -0.39 is 0 Å². The zero-order valence-electron chi connectivity index (χ0n) is 9.72. The van der Waals surface area contributed by atoms with Crippen molar-refractivity contribution in [3.05, 3.63) is 16.4 Å². The fraction of sp³-hybridized carbons (Fsp3) is 0.667. The summed E-state index contributed by atoms with van der Waals surface area (Å²) in [6, 6.07) is 0. The largest absolute Gasteiger partial charge is 0.354 e. The van der Waals surface area contributed by atoms with Crippen LogP contribution in [-0.2, 0) is 12.8 Å². The molecule has 0 atom stereocenters. The first-order chi connectivity index (χ1) is 7.81. The highest BCUT2D eigenvalue weighted by molar-refractivity contribution is 6.30. The minimum absolute atomic E-state index is 0.642. The first-order valence-electron chi connectivity index (χ1n) is 6.10. The average Bonchev–Trinajstić information content (AvgIpc) is 2.30. The fourth-order valence-electron chi connectivity index (χ4n) is 2.00. The SMILES string of the molecule is CCCCNc1nc(Cl)c2c(n1)CCCC2. The summed E-state index contributed by atoms with van der Waals surface area (Å²) in [7, 11) is 0. The van der Waals surface area contributed by atoms with Gasteiger partial charge in [-0.25, -0.2) is 9.97 Å². The van der Waals surface area contributed by atoms with Crippen LogP contribution >= 0.6 is 11.6 Å². The topological polar surface area (TPSA) is 37.8 Å². The first-order valence-corrected chi connectivity index (χ1v) is 6.48. The van der Waals surface area contributed by atoms with Gasteiger partial charge in [0.1, 0.15) is 5.15 Å². The van der Waals surface area contributed by atoms with Crippen molar-refractivity contribution in [3.63, 3.8) is 0 Å². The van der Waals surface area contributed by atoms with E-state index in [4.69, 9.17) is 11.6 Å². The number of halogens is 1. The van der Waals surface area contributed by atoms with Crippen LogP contribution in [0.15, 0.2) is 0 Å². The molecule has 0 spiro atoms. The van der Waals surface area contributed by atoms with Crippen LogP contribution in [0.5, 0.6) is 0 Å². The number of aromatic nitrogens is 2. The molecule has 0 aliphatic heterocycles. The molecule has 0 aromatic carbocycles. The molecule has 1 aliphatic carbocycles. The molecule has 2 rings (SSSR count). The number of anilines is 1. The van der Waals surface area contributed by atoms with Gasteiger partial charge in [0, 0.05) is 12.1 Å². The van der Waals surface area contributed by atoms with Crippen molar-refractivity contribution < 1.29 is 0 Å². The van der Waals surface area contributed by atoms with E-state index >= 15 is 0 Å². The Morgan fingerprint density at radius 3 is 2.88 bits per heavy atom. The zero-order valence-corrected chi connectivity index (χ0v) is 10.5. The minimum atomic E-state index is 0.642. The zero-order chi connectivity index (χ0) is 11.4. The Morgan fingerprint density at radius 2 is 2.06 bits per heavy atom. The molecule has 0 saturated heterocycles. The van der Waals surface area contributed by atoms with Crippen molar-refractivity contribution in [2.45, 2.75) is 45.4 Å². The maximum Gasteiger partial charge on any atom is 0.224 e. The smallest absolute Gasteiger partial charge is 0.224 e. The Bertz CT molecular complexity index is 366. The van der Waals surface area contributed by atoms with E-state index in [9.17, 15) is 0 Å². The van der Waals surface area contributed by atoms with Crippen molar-refractivity contribution in [2.75, 3.05) is 11.9 Å². The van der Waals surface area contributed by atoms with E-state index in [1.165, 1.54) is 19.3 Å². The number of hydrogen-bond donors (Lipinski definition) is 1. The van der Waals surface area contributed by atoms with Gasteiger partial charge in [-0.15, -0.1) is 0 Å². The van der Waals surface area contributed by atoms with Crippen molar-refractivity contribution in [1.29, 1.82) is 0 Å². The quantitative estimate of drug-likeness (QED) is 0.648. The second-order valence-corrected chi connectivity index (χ2v) is 4.61. The van der Waals surface area contributed by atoms with Crippen molar-refractivity contribution in [2.24, 2.45) is 0 Å². The van der Waals surface area contributed by atoms with Gasteiger partial charge in [0.25, 0.3) is 0 Å². The van der Waals surface area contributed by atoms with E-state index in [0.717, 1.165) is 37.1 Å². The maximum absolute atomic E-state index is 6.17. The molecule has 0 radical (unpaired) electrons. The van der Waals surface area contributed by atoms with Gasteiger partial charge in [-0.1, -0.05) is 24.9 Å². The predicted octanol–water partition coefficient (Wildman–Crippen LogP) is 3.22. The molecule has 1 N–H and O–H groups in total. The maximum atomic E-state index is 6.17. The standard InChI is InChI=1S/C12H18ClN3/c1-2-3-8-14-12-15-10-7-5-4-6-9(10)11(13)16-12/h2-8H2,1H3,(H,14,15,16). The molecular weight excluding hydrogens is 222 g/mol. The Hall–Kier alpha value is -0.830. The van der Waals surface area contributed by atoms with E-state index in [2.05, 4.69) is 22.2 Å². The Kier molecular flexibility index (Phi) is 3.99. The average molecular weight is 240 g/mol. The highest BCUT2D eigenvalue weighted by Crippen LogP contribution is 2.26. The van der Waals surface area contributed by atoms with E-state index in [-0.39, 0.29) is 0 Å². The van der Waals surface area contributed by atoms with Crippen molar-refractivity contribution in [1.82, 2.24) is 9.97 Å². The number of nitrogens with zero attached hydrogens (tertiary/aromatic N) is 2. The van der Waals surface area contributed by atoms with Crippen LogP contribution in [0.25, 0.3) is 0 Å². The second kappa shape index (κ2) is 5.48. The highest BCUT2D eigenvalue weighted by atomic mass is 35.5. The Labute approximate surface area is 102 Å². The summed E-state index contributed by atoms with van der Waals surface area (Å²) in [5.74, 6) is 0.694. The lowest BCUT2D eigenvalue weighted by atomic mass is 9.97. The third-order valence-electron chi connectivity index (χ3n) is 2.95. The monoisotopic (exact) mass is 239 g/mol. The van der Waals surface area contributed by atoms with E-state index in [1.54, 1.807) is 0 Å². The van der Waals surface area contributed by atoms with Gasteiger partial charge in [0.2, 0.25) is 5.95 Å². The molecule has 4 heteroatoms. The molecule has 88 valence electrons. The number of rotatable bonds is 4. The summed E-state index contributed by atoms with van der Waals surface area (Å²) in [6.07, 6.45) is 6.81. The molecule has 0 amide bonds. The summed E-state index contributed by atoms with van der Waals surface area (Å²) in [5, 5.41) is 3.87. The van der Waals surface area contributed by atoms with Crippen LogP contribution in [0.3, 0.4) is 0 Å². The van der Waals surface area contributed by atoms with E-state index in [1.807, 2.05) is 0 Å². The lowest BCUT2D eigenvalue weighted by Crippen LogP contribution is -2.12. The van der Waals surface area contributed by atoms with Crippen molar-refractivity contribution in [3.8, 4) is 0 Å². The first kappa shape index (κ1) is 11.6. The molecule has 1 aliphatic rings. The fourth-order valence-corrected chi connectivity index (χ4v) is 2.29. The number of aryl methyl sites for hydroxylation is 1. The number of hydrogen-bond acceptors (Lipinski definition) is 3. The molecule has 0 unspecified atom stereocenters. The van der Waals surface area contributed by atoms with Crippen LogP contribution in [0.2, 0.25) is 5.15 Å². The molecule has 1 heterocycles. The van der Waals surface area contributed by atoms with Crippen LogP contribution < -0.4 is 5.32 Å². The molecule has 0 saturated carbocycles. The van der Waals surface area contributed by atoms with Crippen molar-refractivity contribution >= 4 is 17.5 Å². The van der Waals surface area contributed by atoms with Gasteiger partial charge in [0.15, 0.2) is 0 Å². The van der Waals surface area contributed by atoms with Gasteiger partial charge in [-0.3, -0.25) is 0 Å². The van der Waals surface area contributed by atoms with Gasteiger partial charge in [0.05, 0.1) is 5.69 Å². The van der Waals surface area contributed by atoms with Crippen LogP contribution in [0.4, 0.5) is 5.95 Å². The third kappa shape index (κ3) is 2.64. The normalized spacial score (nSPS) is 14.6. The van der Waals surface area contributed by atoms with Crippen LogP contribution in [0, 0.1) is 0 Å². The molecule has 1 aromatic heterocycles. The molecule has 0 bridgehead atoms. The molecule has 3 nitrogen and oxygen atoms in total. The van der Waals surface area contributed by atoms with Gasteiger partial charge in [-0.2, -0.15) is 0 Å². The Morgan fingerprint density at radius 1 is 1.25 bits per heavy atom. The van der Waals surface area contributed by atoms with Crippen LogP contribution in [0.1, 0.15) is 43.9 Å². The number of unbranched alkanes of at least 4 members (excludes halogenated alkanes) is 1. The summed E-state index contributed by atoms with van der Waals surface area (Å²) >= 11 is 6.17. The third-order valence-corrected chi connectivity index (χ3v) is 3.26. The van der Waals surface area contributed by atoms with Crippen LogP contribution in [-0.4, -0.2) is 16.5 Å². The summed E-state index contributed by atoms with van der Waals surface area (Å²) in [5.41, 5.74) is 2.30. The predicted molar refractivity (Wildman–Crippen MR) is 67.1 cm³/mol. The highest BCUT2D eigenvalue weighted by Gasteiger charge is 2.16. The summed E-state index contributed by atoms with van der Waals surface area (Å²) in [6.45, 7) is 3.09. The second-order valence-electron chi connectivity index (χ2n) is 4.25. The Balaban J connectivity index is 2.12. The van der Waals surface area contributed by atoms with Gasteiger partial charge in [-0.05, 0) is 32.1 Å². The van der Waals surface area contributed by atoms with E-state index in [0.29, 0.717) is 11.1 Å². The minimum Gasteiger partial charge on any atom is -0.354 e. The summed E-state index contributed by atoms with van der Waals surface area (Å²) in [4.78, 5) is 8.84. The summed E-state index contributed by atoms with van der Waals surface area (Å²) < 4.78 is 0. The molecule has 1 aromatic rings. The number of nitrogens with one attached hydrogen (secondary N) is 1. The van der Waals surface area contributed by atoms with Gasteiger partial charge < -0.3 is 5.32 Å². The lowest BCUT2D eigenvalue weighted by molar-refractivity contribution is 0.662. The lowest BCUT2D eigenvalue weighted by Gasteiger charge is -2.16. The molecule has 16 heavy (non-hydrogen) atoms. The molecule has 0 fully saturated rings. The van der Waals surface area contributed by atoms with Gasteiger partial charge >= 0.3 is 0 Å². The number of fused-ring (bicyclic) bond motifs is 1.